The van der Waals surface area contributed by atoms with Gasteiger partial charge in [0.1, 0.15) is 5.75 Å². The summed E-state index contributed by atoms with van der Waals surface area (Å²) in [4.78, 5) is 56.9. The molecule has 0 unspecified atom stereocenters. The zero-order valence-corrected chi connectivity index (χ0v) is 24.2. The topological polar surface area (TPSA) is 84.0 Å². The zero-order chi connectivity index (χ0) is 30.1. The van der Waals surface area contributed by atoms with E-state index in [1.165, 1.54) is 4.90 Å². The van der Waals surface area contributed by atoms with Gasteiger partial charge in [-0.1, -0.05) is 78.9 Å². The first-order chi connectivity index (χ1) is 21.4. The van der Waals surface area contributed by atoms with E-state index in [0.717, 1.165) is 27.8 Å². The van der Waals surface area contributed by atoms with Crippen LogP contribution in [-0.2, 0) is 25.7 Å². The first-order valence-corrected chi connectivity index (χ1v) is 15.1. The second kappa shape index (κ2) is 10.0. The fraction of sp³-hybridized carbons (Fsp3) is 0.243. The third kappa shape index (κ3) is 3.95. The molecule has 3 amide bonds. The predicted octanol–water partition coefficient (Wildman–Crippen LogP) is 5.35. The predicted molar refractivity (Wildman–Crippen MR) is 163 cm³/mol. The Bertz CT molecular complexity index is 1750. The Hall–Kier alpha value is -5.04. The van der Waals surface area contributed by atoms with Crippen LogP contribution >= 0.6 is 0 Å². The fourth-order valence-electron chi connectivity index (χ4n) is 7.94. The highest BCUT2D eigenvalue weighted by molar-refractivity contribution is 6.23. The van der Waals surface area contributed by atoms with Crippen molar-refractivity contribution in [2.24, 2.45) is 17.8 Å². The highest BCUT2D eigenvalue weighted by atomic mass is 16.5. The Morgan fingerprint density at radius 2 is 1.30 bits per heavy atom. The van der Waals surface area contributed by atoms with Crippen molar-refractivity contribution in [3.8, 4) is 5.75 Å². The van der Waals surface area contributed by atoms with E-state index < -0.39 is 23.7 Å². The molecule has 2 heterocycles. The molecule has 2 aliphatic heterocycles. The molecule has 4 aromatic carbocycles. The summed E-state index contributed by atoms with van der Waals surface area (Å²) in [5.74, 6) is -2.42. The van der Waals surface area contributed by atoms with Crippen molar-refractivity contribution >= 4 is 29.4 Å². The average molecular weight is 583 g/mol. The summed E-state index contributed by atoms with van der Waals surface area (Å²) in [5.41, 5.74) is 6.70. The smallest absolute Gasteiger partial charge is 0.316 e. The van der Waals surface area contributed by atoms with Crippen LogP contribution in [0, 0.1) is 24.7 Å². The summed E-state index contributed by atoms with van der Waals surface area (Å²) in [7, 11) is 0. The lowest BCUT2D eigenvalue weighted by Gasteiger charge is -2.45. The minimum atomic E-state index is -0.560. The maximum absolute atomic E-state index is 14.1. The number of hydrogen-bond acceptors (Lipinski definition) is 5. The molecule has 0 aromatic heterocycles. The molecule has 7 nitrogen and oxygen atoms in total. The van der Waals surface area contributed by atoms with Gasteiger partial charge in [-0.3, -0.25) is 19.2 Å². The standard InChI is InChI=1S/C37H30N2O5/c1-21-17-24(44-37(43)23-18-30(40)38(20-23)19-22-9-3-2-4-10-22)15-16-29(21)39-35(41)33-31-25-11-5-6-12-26(25)32(34(33)36(39)42)28-14-8-7-13-27(28)31/h2-17,23,31-34H,18-20H2,1H3/t23-,31?,32?,33-,34+/m0/s1. The third-order valence-electron chi connectivity index (χ3n) is 9.84. The summed E-state index contributed by atoms with van der Waals surface area (Å²) < 4.78 is 5.71. The van der Waals surface area contributed by atoms with Crippen LogP contribution in [-0.4, -0.2) is 35.1 Å². The average Bonchev–Trinajstić information content (AvgIpc) is 3.53. The normalized spacial score (nSPS) is 24.8. The van der Waals surface area contributed by atoms with Gasteiger partial charge >= 0.3 is 5.97 Å². The number of anilines is 1. The second-order valence-electron chi connectivity index (χ2n) is 12.3. The lowest BCUT2D eigenvalue weighted by Crippen LogP contribution is -2.41. The Labute approximate surface area is 255 Å². The van der Waals surface area contributed by atoms with E-state index in [1.54, 1.807) is 23.1 Å². The van der Waals surface area contributed by atoms with Crippen LogP contribution in [0.25, 0.3) is 0 Å². The van der Waals surface area contributed by atoms with Crippen LogP contribution in [0.2, 0.25) is 0 Å². The second-order valence-corrected chi connectivity index (χ2v) is 12.3. The third-order valence-corrected chi connectivity index (χ3v) is 9.84. The highest BCUT2D eigenvalue weighted by Gasteiger charge is 2.61. The number of ether oxygens (including phenoxy) is 1. The number of carbonyl (C=O) groups is 4. The number of imide groups is 1. The van der Waals surface area contributed by atoms with Gasteiger partial charge in [-0.05, 0) is 58.5 Å². The molecule has 7 heteroatoms. The van der Waals surface area contributed by atoms with E-state index in [4.69, 9.17) is 4.74 Å². The quantitative estimate of drug-likeness (QED) is 0.180. The number of likely N-dealkylation sites (tertiary alicyclic amines) is 1. The molecule has 44 heavy (non-hydrogen) atoms. The summed E-state index contributed by atoms with van der Waals surface area (Å²) in [6.07, 6.45) is 0.107. The van der Waals surface area contributed by atoms with Gasteiger partial charge in [0, 0.05) is 31.3 Å². The van der Waals surface area contributed by atoms with Gasteiger partial charge < -0.3 is 9.64 Å². The van der Waals surface area contributed by atoms with E-state index in [9.17, 15) is 19.2 Å². The number of esters is 1. The fourth-order valence-corrected chi connectivity index (χ4v) is 7.94. The Balaban J connectivity index is 1.03. The van der Waals surface area contributed by atoms with Gasteiger partial charge in [0.15, 0.2) is 0 Å². The van der Waals surface area contributed by atoms with Gasteiger partial charge in [-0.15, -0.1) is 0 Å². The first kappa shape index (κ1) is 26.6. The van der Waals surface area contributed by atoms with E-state index in [1.807, 2.05) is 61.5 Å². The van der Waals surface area contributed by atoms with Gasteiger partial charge in [0.05, 0.1) is 23.4 Å². The number of carbonyl (C=O) groups excluding carboxylic acids is 4. The summed E-state index contributed by atoms with van der Waals surface area (Å²) in [6.45, 7) is 2.57. The maximum atomic E-state index is 14.1. The van der Waals surface area contributed by atoms with Gasteiger partial charge in [-0.25, -0.2) is 4.90 Å². The van der Waals surface area contributed by atoms with Crippen LogP contribution in [0.1, 0.15) is 51.6 Å². The Morgan fingerprint density at radius 3 is 1.84 bits per heavy atom. The lowest BCUT2D eigenvalue weighted by atomic mass is 9.55. The van der Waals surface area contributed by atoms with E-state index in [0.29, 0.717) is 30.1 Å². The van der Waals surface area contributed by atoms with Crippen molar-refractivity contribution in [1.82, 2.24) is 4.90 Å². The van der Waals surface area contributed by atoms with Crippen LogP contribution in [0.5, 0.6) is 5.75 Å². The molecular formula is C37H30N2O5. The minimum Gasteiger partial charge on any atom is -0.426 e. The van der Waals surface area contributed by atoms with Gasteiger partial charge in [0.25, 0.3) is 0 Å². The SMILES string of the molecule is Cc1cc(OC(=O)[C@H]2CC(=O)N(Cc3ccccc3)C2)ccc1N1C(=O)[C@@H]2C3c4ccccc4C(c4ccccc43)[C@@H]2C1=O. The van der Waals surface area contributed by atoms with Crippen molar-refractivity contribution in [1.29, 1.82) is 0 Å². The van der Waals surface area contributed by atoms with Crippen molar-refractivity contribution in [3.05, 3.63) is 130 Å². The van der Waals surface area contributed by atoms with E-state index >= 15 is 0 Å². The van der Waals surface area contributed by atoms with Crippen LogP contribution in [0.15, 0.2) is 97.1 Å². The molecule has 3 atom stereocenters. The molecule has 218 valence electrons. The van der Waals surface area contributed by atoms with Crippen LogP contribution in [0.3, 0.4) is 0 Å². The molecule has 0 radical (unpaired) electrons. The van der Waals surface area contributed by atoms with E-state index in [-0.39, 0.29) is 36.0 Å². The molecular weight excluding hydrogens is 552 g/mol. The Kier molecular flexibility index (Phi) is 6.05. The molecule has 0 saturated carbocycles. The minimum absolute atomic E-state index is 0.0758. The molecule has 9 rings (SSSR count). The number of nitrogens with zero attached hydrogens (tertiary/aromatic N) is 2. The maximum Gasteiger partial charge on any atom is 0.316 e. The number of benzene rings is 4. The number of rotatable bonds is 5. The molecule has 2 saturated heterocycles. The van der Waals surface area contributed by atoms with E-state index in [2.05, 4.69) is 24.3 Å². The Morgan fingerprint density at radius 1 is 0.750 bits per heavy atom. The van der Waals surface area contributed by atoms with Gasteiger partial charge in [0.2, 0.25) is 17.7 Å². The summed E-state index contributed by atoms with van der Waals surface area (Å²) >= 11 is 0. The molecule has 0 spiro atoms. The first-order valence-electron chi connectivity index (χ1n) is 15.1. The van der Waals surface area contributed by atoms with Crippen molar-refractivity contribution in [2.75, 3.05) is 11.4 Å². The number of hydrogen-bond donors (Lipinski definition) is 0. The largest absolute Gasteiger partial charge is 0.426 e. The van der Waals surface area contributed by atoms with Crippen molar-refractivity contribution < 1.29 is 23.9 Å². The van der Waals surface area contributed by atoms with Crippen LogP contribution in [0.4, 0.5) is 5.69 Å². The van der Waals surface area contributed by atoms with Crippen molar-refractivity contribution in [3.63, 3.8) is 0 Å². The number of amides is 3. The highest BCUT2D eigenvalue weighted by Crippen LogP contribution is 2.61. The number of aryl methyl sites for hydroxylation is 1. The zero-order valence-electron chi connectivity index (χ0n) is 24.2. The van der Waals surface area contributed by atoms with Crippen molar-refractivity contribution in [2.45, 2.75) is 31.7 Å². The van der Waals surface area contributed by atoms with Crippen LogP contribution < -0.4 is 9.64 Å². The monoisotopic (exact) mass is 582 g/mol. The molecule has 2 fully saturated rings. The molecule has 0 N–H and O–H groups in total. The molecule has 5 aliphatic rings. The summed E-state index contributed by atoms with van der Waals surface area (Å²) in [6, 6.07) is 31.1. The molecule has 2 bridgehead atoms. The summed E-state index contributed by atoms with van der Waals surface area (Å²) in [5, 5.41) is 0. The lowest BCUT2D eigenvalue weighted by molar-refractivity contribution is -0.139. The molecule has 3 aliphatic carbocycles. The molecule has 4 aromatic rings. The van der Waals surface area contributed by atoms with Gasteiger partial charge in [-0.2, -0.15) is 0 Å².